The third-order valence-electron chi connectivity index (χ3n) is 13.0. The summed E-state index contributed by atoms with van der Waals surface area (Å²) >= 11 is 0. The van der Waals surface area contributed by atoms with Crippen molar-refractivity contribution in [2.24, 2.45) is 5.41 Å². The molecule has 4 aliphatic rings. The Morgan fingerprint density at radius 2 is 1.93 bits per heavy atom. The van der Waals surface area contributed by atoms with Crippen LogP contribution in [0.3, 0.4) is 0 Å². The zero-order valence-electron chi connectivity index (χ0n) is 31.8. The fraction of sp³-hybridized carbons (Fsp3) is 0.488. The SMILES string of the molecule is C#Cc1c(F)ccc2cc(O)cc(-c3ncc4c(NCC5(N(C)C(=O)C=C)CCCC5)nc(OC[C@]5(C)C[C@@H](F)CN5C5CC6(CCOCC6)C5)nc4c3F)c12. The van der Waals surface area contributed by atoms with E-state index in [0.717, 1.165) is 64.6 Å². The van der Waals surface area contributed by atoms with E-state index in [4.69, 9.17) is 20.9 Å². The van der Waals surface area contributed by atoms with Gasteiger partial charge < -0.3 is 24.8 Å². The Labute approximate surface area is 324 Å². The number of phenolic OH excluding ortho intramolecular Hbond substituents is 1. The quantitative estimate of drug-likeness (QED) is 0.127. The minimum absolute atomic E-state index is 0.0626. The van der Waals surface area contributed by atoms with Gasteiger partial charge in [0, 0.05) is 63.0 Å². The summed E-state index contributed by atoms with van der Waals surface area (Å²) in [6.07, 6.45) is 15.0. The van der Waals surface area contributed by atoms with Gasteiger partial charge >= 0.3 is 6.01 Å². The molecule has 8 rings (SSSR count). The number of aromatic nitrogens is 3. The highest BCUT2D eigenvalue weighted by atomic mass is 19.1. The van der Waals surface area contributed by atoms with Crippen LogP contribution in [-0.4, -0.2) is 99.0 Å². The second-order valence-electron chi connectivity index (χ2n) is 16.5. The number of likely N-dealkylation sites (tertiary alicyclic amines) is 1. The minimum Gasteiger partial charge on any atom is -0.508 e. The van der Waals surface area contributed by atoms with Crippen molar-refractivity contribution in [3.8, 4) is 35.4 Å². The lowest BCUT2D eigenvalue weighted by Crippen LogP contribution is -2.59. The number of halogens is 3. The molecule has 0 radical (unpaired) electrons. The number of ether oxygens (including phenoxy) is 2. The molecule has 4 fully saturated rings. The first kappa shape index (κ1) is 38.0. The van der Waals surface area contributed by atoms with E-state index in [1.54, 1.807) is 11.9 Å². The largest absolute Gasteiger partial charge is 0.508 e. The summed E-state index contributed by atoms with van der Waals surface area (Å²) in [5.41, 5.74) is -1.32. The molecule has 1 amide bonds. The summed E-state index contributed by atoms with van der Waals surface area (Å²) in [5, 5.41) is 14.9. The van der Waals surface area contributed by atoms with E-state index >= 15 is 8.78 Å². The molecule has 10 nitrogen and oxygen atoms in total. The van der Waals surface area contributed by atoms with E-state index in [0.29, 0.717) is 18.5 Å². The third kappa shape index (κ3) is 6.60. The predicted octanol–water partition coefficient (Wildman–Crippen LogP) is 7.32. The van der Waals surface area contributed by atoms with Gasteiger partial charge in [-0.3, -0.25) is 14.7 Å². The van der Waals surface area contributed by atoms with Gasteiger partial charge in [-0.2, -0.15) is 9.97 Å². The number of nitrogens with one attached hydrogen (secondary N) is 1. The topological polar surface area (TPSA) is 113 Å². The van der Waals surface area contributed by atoms with Gasteiger partial charge in [0.2, 0.25) is 5.91 Å². The molecule has 1 spiro atoms. The number of fused-ring (bicyclic) bond motifs is 2. The average molecular weight is 769 g/mol. The number of nitrogens with zero attached hydrogens (tertiary/aromatic N) is 5. The molecular weight excluding hydrogens is 722 g/mol. The molecule has 294 valence electrons. The number of phenols is 1. The zero-order chi connectivity index (χ0) is 39.4. The highest BCUT2D eigenvalue weighted by molar-refractivity contribution is 6.03. The molecule has 2 N–H and O–H groups in total. The molecule has 4 heterocycles. The summed E-state index contributed by atoms with van der Waals surface area (Å²) in [5.74, 6) is 0.671. The molecule has 0 bridgehead atoms. The van der Waals surface area contributed by atoms with Crippen molar-refractivity contribution in [3.05, 3.63) is 60.3 Å². The Bertz CT molecular complexity index is 2240. The normalized spacial score (nSPS) is 23.2. The highest BCUT2D eigenvalue weighted by Crippen LogP contribution is 2.53. The van der Waals surface area contributed by atoms with Crippen LogP contribution in [0.2, 0.25) is 0 Å². The number of rotatable bonds is 10. The number of carbonyl (C=O) groups excluding carboxylic acids is 1. The molecule has 2 saturated carbocycles. The van der Waals surface area contributed by atoms with Crippen molar-refractivity contribution in [3.63, 3.8) is 0 Å². The molecule has 2 aliphatic carbocycles. The van der Waals surface area contributed by atoms with E-state index in [2.05, 4.69) is 32.7 Å². The maximum Gasteiger partial charge on any atom is 0.319 e. The first-order chi connectivity index (χ1) is 26.9. The standard InChI is InChI=1S/C43H47F3N6O4/c1-5-30-33(45)10-9-26-17-29(53)18-31(35(26)30)37-36(46)38-32(22-47-37)39(48-24-43(11-7-8-12-43)51(4)34(54)6-2)50-40(49-38)56-25-41(3)19-27(44)23-52(41)28-20-42(21-28)13-15-55-16-14-42/h1,6,9-10,17-18,22,27-28,53H,2,7-8,11-16,19-21,23-25H2,3-4H3,(H,48,49,50)/t27-,41+/m1/s1. The van der Waals surface area contributed by atoms with E-state index in [-0.39, 0.29) is 81.1 Å². The second kappa shape index (κ2) is 14.5. The minimum atomic E-state index is -1.02. The molecule has 2 aromatic carbocycles. The smallest absolute Gasteiger partial charge is 0.319 e. The summed E-state index contributed by atoms with van der Waals surface area (Å²) in [6.45, 7) is 7.85. The summed E-state index contributed by atoms with van der Waals surface area (Å²) in [7, 11) is 1.75. The van der Waals surface area contributed by atoms with Gasteiger partial charge in [0.15, 0.2) is 5.82 Å². The van der Waals surface area contributed by atoms with Gasteiger partial charge in [-0.15, -0.1) is 6.42 Å². The number of terminal acetylenes is 1. The summed E-state index contributed by atoms with van der Waals surface area (Å²) < 4.78 is 59.2. The van der Waals surface area contributed by atoms with Crippen LogP contribution in [0.25, 0.3) is 32.9 Å². The summed E-state index contributed by atoms with van der Waals surface area (Å²) in [4.78, 5) is 30.5. The third-order valence-corrected chi connectivity index (χ3v) is 13.0. The van der Waals surface area contributed by atoms with Crippen molar-refractivity contribution >= 4 is 33.4 Å². The van der Waals surface area contributed by atoms with Crippen molar-refractivity contribution in [1.29, 1.82) is 0 Å². The molecule has 2 atom stereocenters. The molecule has 2 saturated heterocycles. The van der Waals surface area contributed by atoms with Crippen LogP contribution in [0, 0.1) is 29.4 Å². The van der Waals surface area contributed by atoms with Gasteiger partial charge in [0.05, 0.1) is 22.0 Å². The average Bonchev–Trinajstić information content (AvgIpc) is 3.79. The first-order valence-electron chi connectivity index (χ1n) is 19.4. The lowest BCUT2D eigenvalue weighted by molar-refractivity contribution is -0.129. The number of alkyl halides is 1. The summed E-state index contributed by atoms with van der Waals surface area (Å²) in [6, 6.07) is 5.46. The Balaban J connectivity index is 1.18. The molecule has 4 aromatic rings. The number of hydrogen-bond donors (Lipinski definition) is 2. The number of amides is 1. The number of carbonyl (C=O) groups is 1. The molecule has 2 aliphatic heterocycles. The van der Waals surface area contributed by atoms with E-state index in [1.165, 1.54) is 36.5 Å². The number of hydrogen-bond acceptors (Lipinski definition) is 9. The number of pyridine rings is 1. The zero-order valence-corrected chi connectivity index (χ0v) is 31.8. The number of aromatic hydroxyl groups is 1. The van der Waals surface area contributed by atoms with Crippen molar-refractivity contribution < 1.29 is 32.5 Å². The molecule has 0 unspecified atom stereocenters. The molecule has 56 heavy (non-hydrogen) atoms. The fourth-order valence-electron chi connectivity index (χ4n) is 9.88. The maximum atomic E-state index is 17.1. The van der Waals surface area contributed by atoms with Gasteiger partial charge in [0.25, 0.3) is 0 Å². The van der Waals surface area contributed by atoms with Crippen molar-refractivity contribution in [2.45, 2.75) is 88.0 Å². The van der Waals surface area contributed by atoms with Crippen LogP contribution < -0.4 is 10.1 Å². The van der Waals surface area contributed by atoms with Crippen LogP contribution >= 0.6 is 0 Å². The second-order valence-corrected chi connectivity index (χ2v) is 16.5. The van der Waals surface area contributed by atoms with Gasteiger partial charge in [0.1, 0.15) is 41.4 Å². The van der Waals surface area contributed by atoms with Gasteiger partial charge in [-0.05, 0) is 80.5 Å². The highest BCUT2D eigenvalue weighted by Gasteiger charge is 2.54. The first-order valence-corrected chi connectivity index (χ1v) is 19.4. The van der Waals surface area contributed by atoms with Gasteiger partial charge in [-0.25, -0.2) is 13.2 Å². The lowest BCUT2D eigenvalue weighted by Gasteiger charge is -2.55. The lowest BCUT2D eigenvalue weighted by atomic mass is 9.60. The van der Waals surface area contributed by atoms with Crippen LogP contribution in [0.1, 0.15) is 70.3 Å². The maximum absolute atomic E-state index is 17.1. The molecular formula is C43H47F3N6O4. The monoisotopic (exact) mass is 768 g/mol. The van der Waals surface area contributed by atoms with Gasteiger partial charge in [-0.1, -0.05) is 31.4 Å². The van der Waals surface area contributed by atoms with Crippen LogP contribution in [0.5, 0.6) is 11.8 Å². The Morgan fingerprint density at radius 3 is 2.64 bits per heavy atom. The van der Waals surface area contributed by atoms with Crippen molar-refractivity contribution in [2.75, 3.05) is 45.3 Å². The van der Waals surface area contributed by atoms with Crippen LogP contribution in [-0.2, 0) is 9.53 Å². The number of anilines is 1. The molecule has 2 aromatic heterocycles. The Hall–Kier alpha value is -4.93. The molecule has 13 heteroatoms. The van der Waals surface area contributed by atoms with E-state index in [1.807, 2.05) is 6.92 Å². The number of benzene rings is 2. The van der Waals surface area contributed by atoms with Crippen LogP contribution in [0.4, 0.5) is 19.0 Å². The van der Waals surface area contributed by atoms with Crippen LogP contribution in [0.15, 0.2) is 43.1 Å². The number of likely N-dealkylation sites (N-methyl/N-ethyl adjacent to an activating group) is 1. The van der Waals surface area contributed by atoms with E-state index < -0.39 is 28.9 Å². The Morgan fingerprint density at radius 1 is 1.18 bits per heavy atom. The van der Waals surface area contributed by atoms with Crippen molar-refractivity contribution in [1.82, 2.24) is 24.8 Å². The van der Waals surface area contributed by atoms with E-state index in [9.17, 15) is 14.3 Å². The fourth-order valence-corrected chi connectivity index (χ4v) is 9.88. The Kier molecular flexibility index (Phi) is 9.86. The predicted molar refractivity (Wildman–Crippen MR) is 208 cm³/mol.